The molecule has 0 heterocycles. The van der Waals surface area contributed by atoms with E-state index in [1.807, 2.05) is 19.9 Å². The Balaban J connectivity index is 3.20. The summed E-state index contributed by atoms with van der Waals surface area (Å²) in [6, 6.07) is 3.62. The van der Waals surface area contributed by atoms with Crippen molar-refractivity contribution in [2.75, 3.05) is 6.61 Å². The quantitative estimate of drug-likeness (QED) is 0.776. The SMILES string of the molecule is CCOc1cc(C(C)=O)cc(C)c1Br. The lowest BCUT2D eigenvalue weighted by Gasteiger charge is -2.09. The third kappa shape index (κ3) is 2.35. The van der Waals surface area contributed by atoms with Gasteiger partial charge in [-0.3, -0.25) is 4.79 Å². The molecule has 0 fully saturated rings. The standard InChI is InChI=1S/C11H13BrO2/c1-4-14-10-6-9(8(3)13)5-7(2)11(10)12/h5-6H,4H2,1-3H3. The van der Waals surface area contributed by atoms with Crippen molar-refractivity contribution in [1.29, 1.82) is 0 Å². The third-order valence-electron chi connectivity index (χ3n) is 1.93. The molecule has 0 aliphatic rings. The van der Waals surface area contributed by atoms with E-state index in [4.69, 9.17) is 4.74 Å². The number of hydrogen-bond donors (Lipinski definition) is 0. The zero-order chi connectivity index (χ0) is 10.7. The van der Waals surface area contributed by atoms with E-state index in [1.165, 1.54) is 0 Å². The van der Waals surface area contributed by atoms with Crippen LogP contribution < -0.4 is 4.74 Å². The van der Waals surface area contributed by atoms with Crippen molar-refractivity contribution in [3.05, 3.63) is 27.7 Å². The van der Waals surface area contributed by atoms with Gasteiger partial charge in [0, 0.05) is 5.56 Å². The molecule has 0 N–H and O–H groups in total. The number of halogens is 1. The summed E-state index contributed by atoms with van der Waals surface area (Å²) in [6.45, 7) is 6.01. The molecule has 0 aliphatic heterocycles. The molecule has 0 unspecified atom stereocenters. The van der Waals surface area contributed by atoms with Gasteiger partial charge in [0.25, 0.3) is 0 Å². The highest BCUT2D eigenvalue weighted by Gasteiger charge is 2.08. The maximum absolute atomic E-state index is 11.2. The van der Waals surface area contributed by atoms with Gasteiger partial charge in [-0.15, -0.1) is 0 Å². The fraction of sp³-hybridized carbons (Fsp3) is 0.364. The summed E-state index contributed by atoms with van der Waals surface area (Å²) in [5, 5.41) is 0. The van der Waals surface area contributed by atoms with Gasteiger partial charge >= 0.3 is 0 Å². The van der Waals surface area contributed by atoms with Crippen LogP contribution in [0.4, 0.5) is 0 Å². The van der Waals surface area contributed by atoms with Crippen molar-refractivity contribution in [3.63, 3.8) is 0 Å². The molecule has 0 aromatic heterocycles. The molecule has 0 radical (unpaired) electrons. The number of aryl methyl sites for hydroxylation is 1. The zero-order valence-corrected chi connectivity index (χ0v) is 10.1. The van der Waals surface area contributed by atoms with Crippen molar-refractivity contribution >= 4 is 21.7 Å². The first-order valence-corrected chi connectivity index (χ1v) is 5.29. The largest absolute Gasteiger partial charge is 0.493 e. The van der Waals surface area contributed by atoms with Gasteiger partial charge < -0.3 is 4.74 Å². The number of ether oxygens (including phenoxy) is 1. The number of ketones is 1. The minimum Gasteiger partial charge on any atom is -0.493 e. The van der Waals surface area contributed by atoms with Crippen LogP contribution in [0.15, 0.2) is 16.6 Å². The van der Waals surface area contributed by atoms with E-state index in [0.29, 0.717) is 12.2 Å². The van der Waals surface area contributed by atoms with Gasteiger partial charge in [-0.05, 0) is 54.4 Å². The Labute approximate surface area is 92.4 Å². The average Bonchev–Trinajstić information content (AvgIpc) is 2.12. The Morgan fingerprint density at radius 2 is 2.14 bits per heavy atom. The van der Waals surface area contributed by atoms with Crippen LogP contribution in [0.1, 0.15) is 29.8 Å². The molecule has 0 amide bonds. The van der Waals surface area contributed by atoms with Crippen molar-refractivity contribution in [2.45, 2.75) is 20.8 Å². The Morgan fingerprint density at radius 1 is 1.50 bits per heavy atom. The van der Waals surface area contributed by atoms with E-state index < -0.39 is 0 Å². The van der Waals surface area contributed by atoms with E-state index in [9.17, 15) is 4.79 Å². The van der Waals surface area contributed by atoms with Crippen LogP contribution in [-0.4, -0.2) is 12.4 Å². The molecule has 0 saturated carbocycles. The highest BCUT2D eigenvalue weighted by molar-refractivity contribution is 9.10. The summed E-state index contributed by atoms with van der Waals surface area (Å²) in [5.74, 6) is 0.791. The van der Waals surface area contributed by atoms with E-state index >= 15 is 0 Å². The molecule has 0 aliphatic carbocycles. The lowest BCUT2D eigenvalue weighted by Crippen LogP contribution is -1.98. The van der Waals surface area contributed by atoms with Crippen molar-refractivity contribution in [2.24, 2.45) is 0 Å². The summed E-state index contributed by atoms with van der Waals surface area (Å²) in [4.78, 5) is 11.2. The molecule has 0 atom stereocenters. The molecule has 2 nitrogen and oxygen atoms in total. The Morgan fingerprint density at radius 3 is 2.64 bits per heavy atom. The number of rotatable bonds is 3. The molecule has 0 saturated heterocycles. The number of carbonyl (C=O) groups is 1. The van der Waals surface area contributed by atoms with Crippen LogP contribution in [-0.2, 0) is 0 Å². The normalized spacial score (nSPS) is 10.0. The molecular weight excluding hydrogens is 244 g/mol. The topological polar surface area (TPSA) is 26.3 Å². The highest BCUT2D eigenvalue weighted by atomic mass is 79.9. The van der Waals surface area contributed by atoms with E-state index in [-0.39, 0.29) is 5.78 Å². The summed E-state index contributed by atoms with van der Waals surface area (Å²) >= 11 is 3.43. The number of benzene rings is 1. The van der Waals surface area contributed by atoms with Crippen LogP contribution in [0.3, 0.4) is 0 Å². The molecule has 76 valence electrons. The van der Waals surface area contributed by atoms with Gasteiger partial charge in [0.05, 0.1) is 11.1 Å². The Kier molecular flexibility index (Phi) is 3.69. The second-order valence-electron chi connectivity index (χ2n) is 3.09. The summed E-state index contributed by atoms with van der Waals surface area (Å²) in [7, 11) is 0. The Hall–Kier alpha value is -0.830. The van der Waals surface area contributed by atoms with Crippen LogP contribution >= 0.6 is 15.9 Å². The molecule has 14 heavy (non-hydrogen) atoms. The monoisotopic (exact) mass is 256 g/mol. The van der Waals surface area contributed by atoms with Crippen LogP contribution in [0, 0.1) is 6.92 Å². The van der Waals surface area contributed by atoms with Crippen molar-refractivity contribution in [1.82, 2.24) is 0 Å². The smallest absolute Gasteiger partial charge is 0.159 e. The first kappa shape index (κ1) is 11.2. The van der Waals surface area contributed by atoms with E-state index in [0.717, 1.165) is 15.8 Å². The van der Waals surface area contributed by atoms with Crippen molar-refractivity contribution < 1.29 is 9.53 Å². The molecule has 0 bridgehead atoms. The minimum absolute atomic E-state index is 0.0570. The number of hydrogen-bond acceptors (Lipinski definition) is 2. The molecular formula is C11H13BrO2. The van der Waals surface area contributed by atoms with Gasteiger partial charge in [-0.2, -0.15) is 0 Å². The predicted molar refractivity (Wildman–Crippen MR) is 60.1 cm³/mol. The van der Waals surface area contributed by atoms with Gasteiger partial charge in [-0.1, -0.05) is 0 Å². The maximum Gasteiger partial charge on any atom is 0.159 e. The molecule has 1 aromatic carbocycles. The Bertz CT molecular complexity index is 359. The lowest BCUT2D eigenvalue weighted by molar-refractivity contribution is 0.101. The second-order valence-corrected chi connectivity index (χ2v) is 3.89. The van der Waals surface area contributed by atoms with Crippen LogP contribution in [0.25, 0.3) is 0 Å². The average molecular weight is 257 g/mol. The van der Waals surface area contributed by atoms with Crippen molar-refractivity contribution in [3.8, 4) is 5.75 Å². The summed E-state index contributed by atoms with van der Waals surface area (Å²) in [5.41, 5.74) is 1.70. The van der Waals surface area contributed by atoms with E-state index in [1.54, 1.807) is 13.0 Å². The third-order valence-corrected chi connectivity index (χ3v) is 2.94. The van der Waals surface area contributed by atoms with Gasteiger partial charge in [0.1, 0.15) is 5.75 Å². The molecule has 1 aromatic rings. The highest BCUT2D eigenvalue weighted by Crippen LogP contribution is 2.30. The van der Waals surface area contributed by atoms with Gasteiger partial charge in [-0.25, -0.2) is 0 Å². The first-order valence-electron chi connectivity index (χ1n) is 4.50. The maximum atomic E-state index is 11.2. The zero-order valence-electron chi connectivity index (χ0n) is 8.56. The van der Waals surface area contributed by atoms with Crippen LogP contribution in [0.5, 0.6) is 5.75 Å². The summed E-state index contributed by atoms with van der Waals surface area (Å²) < 4.78 is 6.33. The number of Topliss-reactive ketones (excluding diaryl/α,β-unsaturated/α-hetero) is 1. The fourth-order valence-corrected chi connectivity index (χ4v) is 1.54. The van der Waals surface area contributed by atoms with Gasteiger partial charge in [0.15, 0.2) is 5.78 Å². The second kappa shape index (κ2) is 4.60. The first-order chi connectivity index (χ1) is 6.56. The summed E-state index contributed by atoms with van der Waals surface area (Å²) in [6.07, 6.45) is 0. The minimum atomic E-state index is 0.0570. The molecule has 3 heteroatoms. The fourth-order valence-electron chi connectivity index (χ4n) is 1.20. The predicted octanol–water partition coefficient (Wildman–Crippen LogP) is 3.36. The van der Waals surface area contributed by atoms with E-state index in [2.05, 4.69) is 15.9 Å². The molecule has 1 rings (SSSR count). The lowest BCUT2D eigenvalue weighted by atomic mass is 10.1. The van der Waals surface area contributed by atoms with Crippen LogP contribution in [0.2, 0.25) is 0 Å². The molecule has 0 spiro atoms. The van der Waals surface area contributed by atoms with Gasteiger partial charge in [0.2, 0.25) is 0 Å². The number of carbonyl (C=O) groups excluding carboxylic acids is 1.